The lowest BCUT2D eigenvalue weighted by Crippen LogP contribution is -2.46. The minimum absolute atomic E-state index is 0.468. The molecule has 0 amide bonds. The van der Waals surface area contributed by atoms with Crippen LogP contribution >= 0.6 is 11.5 Å². The Morgan fingerprint density at radius 3 is 2.83 bits per heavy atom. The number of hydrogen-bond donors (Lipinski definition) is 0. The first-order valence-electron chi connectivity index (χ1n) is 7.85. The number of anilines is 2. The zero-order valence-electron chi connectivity index (χ0n) is 13.4. The van der Waals surface area contributed by atoms with E-state index in [0.717, 1.165) is 48.0 Å². The minimum atomic E-state index is 0.468. The van der Waals surface area contributed by atoms with Gasteiger partial charge in [0.2, 0.25) is 5.13 Å². The molecule has 4 rings (SSSR count). The van der Waals surface area contributed by atoms with E-state index in [1.807, 2.05) is 6.20 Å². The molecule has 1 saturated heterocycles. The molecule has 0 atom stereocenters. The first kappa shape index (κ1) is 15.2. The van der Waals surface area contributed by atoms with E-state index in [1.165, 1.54) is 17.2 Å². The summed E-state index contributed by atoms with van der Waals surface area (Å²) in [5.41, 5.74) is 2.20. The third kappa shape index (κ3) is 3.02. The van der Waals surface area contributed by atoms with E-state index in [0.29, 0.717) is 6.61 Å². The predicted molar refractivity (Wildman–Crippen MR) is 94.6 cm³/mol. The van der Waals surface area contributed by atoms with Crippen molar-refractivity contribution in [3.05, 3.63) is 36.5 Å². The van der Waals surface area contributed by atoms with Crippen molar-refractivity contribution in [1.29, 1.82) is 0 Å². The summed E-state index contributed by atoms with van der Waals surface area (Å²) in [6.45, 7) is 4.25. The van der Waals surface area contributed by atoms with E-state index in [4.69, 9.17) is 4.74 Å². The summed E-state index contributed by atoms with van der Waals surface area (Å²) in [5, 5.41) is 2.05. The fourth-order valence-corrected chi connectivity index (χ4v) is 3.61. The number of rotatable bonds is 4. The Labute approximate surface area is 144 Å². The van der Waals surface area contributed by atoms with Crippen molar-refractivity contribution < 1.29 is 4.74 Å². The second kappa shape index (κ2) is 6.66. The number of piperazine rings is 1. The Kier molecular flexibility index (Phi) is 4.22. The second-order valence-electron chi connectivity index (χ2n) is 5.67. The molecule has 0 N–H and O–H groups in total. The summed E-state index contributed by atoms with van der Waals surface area (Å²) in [4.78, 5) is 17.6. The molecule has 7 nitrogen and oxygen atoms in total. The van der Waals surface area contributed by atoms with E-state index in [1.54, 1.807) is 13.4 Å². The fourth-order valence-electron chi connectivity index (χ4n) is 2.89. The maximum absolute atomic E-state index is 5.08. The minimum Gasteiger partial charge on any atom is -0.377 e. The molecule has 0 aliphatic carbocycles. The van der Waals surface area contributed by atoms with Gasteiger partial charge >= 0.3 is 0 Å². The summed E-state index contributed by atoms with van der Waals surface area (Å²) in [6.07, 6.45) is 3.45. The maximum atomic E-state index is 5.08. The van der Waals surface area contributed by atoms with Crippen LogP contribution in [-0.2, 0) is 11.3 Å². The molecule has 8 heteroatoms. The molecular formula is C16H18N6OS. The molecule has 3 aromatic rings. The van der Waals surface area contributed by atoms with Gasteiger partial charge in [-0.15, -0.1) is 0 Å². The smallest absolute Gasteiger partial charge is 0.205 e. The Hall–Kier alpha value is -2.32. The third-order valence-corrected chi connectivity index (χ3v) is 4.95. The van der Waals surface area contributed by atoms with Gasteiger partial charge in [0.15, 0.2) is 5.82 Å². The Morgan fingerprint density at radius 1 is 1.17 bits per heavy atom. The van der Waals surface area contributed by atoms with Crippen LogP contribution in [0, 0.1) is 0 Å². The molecule has 1 aliphatic rings. The van der Waals surface area contributed by atoms with Crippen LogP contribution in [0.5, 0.6) is 0 Å². The second-order valence-corrected chi connectivity index (χ2v) is 6.40. The van der Waals surface area contributed by atoms with Crippen molar-refractivity contribution in [1.82, 2.24) is 19.3 Å². The third-order valence-electron chi connectivity index (χ3n) is 4.13. The number of ether oxygens (including phenoxy) is 1. The lowest BCUT2D eigenvalue weighted by Gasteiger charge is -2.35. The van der Waals surface area contributed by atoms with Crippen LogP contribution in [0.25, 0.3) is 10.9 Å². The Balaban J connectivity index is 1.44. The maximum Gasteiger partial charge on any atom is 0.205 e. The molecule has 24 heavy (non-hydrogen) atoms. The number of nitrogens with zero attached hydrogens (tertiary/aromatic N) is 6. The standard InChI is InChI=1S/C16H18N6OS/c1-23-10-15-19-16(24-20-15)22-6-4-21(5-7-22)13-2-3-14-12(8-13)9-17-11-18-14/h2-3,8-9,11H,4-7,10H2,1H3. The van der Waals surface area contributed by atoms with Crippen molar-refractivity contribution in [3.8, 4) is 0 Å². The highest BCUT2D eigenvalue weighted by Gasteiger charge is 2.20. The summed E-state index contributed by atoms with van der Waals surface area (Å²) in [6, 6.07) is 6.35. The molecule has 1 aliphatic heterocycles. The molecular weight excluding hydrogens is 324 g/mol. The van der Waals surface area contributed by atoms with Gasteiger partial charge in [-0.05, 0) is 18.2 Å². The summed E-state index contributed by atoms with van der Waals surface area (Å²) < 4.78 is 9.41. The molecule has 1 aromatic carbocycles. The van der Waals surface area contributed by atoms with Gasteiger partial charge in [0.05, 0.1) is 5.52 Å². The molecule has 0 unspecified atom stereocenters. The average molecular weight is 342 g/mol. The highest BCUT2D eigenvalue weighted by molar-refractivity contribution is 7.09. The van der Waals surface area contributed by atoms with E-state index in [9.17, 15) is 0 Å². The summed E-state index contributed by atoms with van der Waals surface area (Å²) >= 11 is 1.44. The number of benzene rings is 1. The summed E-state index contributed by atoms with van der Waals surface area (Å²) in [7, 11) is 1.66. The zero-order chi connectivity index (χ0) is 16.4. The molecule has 0 radical (unpaired) electrons. The quantitative estimate of drug-likeness (QED) is 0.718. The van der Waals surface area contributed by atoms with Crippen molar-refractivity contribution in [3.63, 3.8) is 0 Å². The molecule has 0 saturated carbocycles. The first-order valence-corrected chi connectivity index (χ1v) is 8.62. The van der Waals surface area contributed by atoms with Gasteiger partial charge in [-0.3, -0.25) is 0 Å². The zero-order valence-corrected chi connectivity index (χ0v) is 14.2. The van der Waals surface area contributed by atoms with E-state index >= 15 is 0 Å². The van der Waals surface area contributed by atoms with E-state index in [2.05, 4.69) is 47.3 Å². The van der Waals surface area contributed by atoms with Gasteiger partial charge < -0.3 is 14.5 Å². The topological polar surface area (TPSA) is 67.3 Å². The predicted octanol–water partition coefficient (Wildman–Crippen LogP) is 1.95. The average Bonchev–Trinajstić information content (AvgIpc) is 3.10. The van der Waals surface area contributed by atoms with Gasteiger partial charge in [0.25, 0.3) is 0 Å². The van der Waals surface area contributed by atoms with Crippen molar-refractivity contribution in [2.24, 2.45) is 0 Å². The number of fused-ring (bicyclic) bond motifs is 1. The van der Waals surface area contributed by atoms with Gasteiger partial charge in [-0.1, -0.05) is 0 Å². The lowest BCUT2D eigenvalue weighted by molar-refractivity contribution is 0.179. The van der Waals surface area contributed by atoms with Crippen LogP contribution in [-0.4, -0.2) is 52.6 Å². The van der Waals surface area contributed by atoms with Crippen LogP contribution in [0.4, 0.5) is 10.8 Å². The van der Waals surface area contributed by atoms with Crippen LogP contribution in [0.3, 0.4) is 0 Å². The lowest BCUT2D eigenvalue weighted by atomic mass is 10.2. The van der Waals surface area contributed by atoms with Crippen LogP contribution in [0.15, 0.2) is 30.7 Å². The van der Waals surface area contributed by atoms with Crippen molar-refractivity contribution in [2.45, 2.75) is 6.61 Å². The Morgan fingerprint density at radius 2 is 2.00 bits per heavy atom. The summed E-state index contributed by atoms with van der Waals surface area (Å²) in [5.74, 6) is 0.759. The normalized spacial score (nSPS) is 15.2. The van der Waals surface area contributed by atoms with Crippen LogP contribution < -0.4 is 9.80 Å². The van der Waals surface area contributed by atoms with Crippen molar-refractivity contribution >= 4 is 33.3 Å². The molecule has 124 valence electrons. The van der Waals surface area contributed by atoms with Gasteiger partial charge in [0.1, 0.15) is 12.9 Å². The van der Waals surface area contributed by atoms with E-state index in [-0.39, 0.29) is 0 Å². The van der Waals surface area contributed by atoms with Crippen LogP contribution in [0.1, 0.15) is 5.82 Å². The molecule has 1 fully saturated rings. The molecule has 0 spiro atoms. The van der Waals surface area contributed by atoms with Gasteiger partial charge in [-0.2, -0.15) is 4.37 Å². The highest BCUT2D eigenvalue weighted by atomic mass is 32.1. The highest BCUT2D eigenvalue weighted by Crippen LogP contribution is 2.24. The SMILES string of the molecule is COCc1nsc(N2CCN(c3ccc4ncncc4c3)CC2)n1. The van der Waals surface area contributed by atoms with E-state index < -0.39 is 0 Å². The number of hydrogen-bond acceptors (Lipinski definition) is 8. The molecule has 2 aromatic heterocycles. The molecule has 3 heterocycles. The van der Waals surface area contributed by atoms with Crippen LogP contribution in [0.2, 0.25) is 0 Å². The van der Waals surface area contributed by atoms with Crippen molar-refractivity contribution in [2.75, 3.05) is 43.1 Å². The van der Waals surface area contributed by atoms with Gasteiger partial charge in [-0.25, -0.2) is 15.0 Å². The Bertz CT molecular complexity index is 830. The monoisotopic (exact) mass is 342 g/mol. The largest absolute Gasteiger partial charge is 0.377 e. The fraction of sp³-hybridized carbons (Fsp3) is 0.375. The number of methoxy groups -OCH3 is 1. The van der Waals surface area contributed by atoms with Gasteiger partial charge in [0, 0.05) is 62.1 Å². The first-order chi connectivity index (χ1) is 11.8. The number of aromatic nitrogens is 4. The molecule has 0 bridgehead atoms.